The van der Waals surface area contributed by atoms with Crippen LogP contribution in [-0.4, -0.2) is 43.8 Å². The summed E-state index contributed by atoms with van der Waals surface area (Å²) in [4.78, 5) is 2.47. The van der Waals surface area contributed by atoms with Gasteiger partial charge in [0.05, 0.1) is 6.10 Å². The van der Waals surface area contributed by atoms with E-state index in [0.717, 1.165) is 19.0 Å². The predicted octanol–water partition coefficient (Wildman–Crippen LogP) is 1.22. The van der Waals surface area contributed by atoms with E-state index in [9.17, 15) is 0 Å². The minimum absolute atomic E-state index is 0.392. The van der Waals surface area contributed by atoms with Crippen molar-refractivity contribution in [3.63, 3.8) is 0 Å². The molecule has 2 N–H and O–H groups in total. The molecule has 1 heterocycles. The lowest BCUT2D eigenvalue weighted by Gasteiger charge is -2.24. The summed E-state index contributed by atoms with van der Waals surface area (Å²) in [5, 5.41) is 0. The number of hydrogen-bond acceptors (Lipinski definition) is 3. The summed E-state index contributed by atoms with van der Waals surface area (Å²) in [6, 6.07) is 0.392. The van der Waals surface area contributed by atoms with E-state index < -0.39 is 0 Å². The zero-order chi connectivity index (χ0) is 10.7. The highest BCUT2D eigenvalue weighted by Crippen LogP contribution is 2.27. The molecule has 1 aliphatic carbocycles. The summed E-state index contributed by atoms with van der Waals surface area (Å²) in [5.74, 6) is 0.784. The fourth-order valence-corrected chi connectivity index (χ4v) is 2.99. The third-order valence-corrected chi connectivity index (χ3v) is 4.04. The number of likely N-dealkylation sites (tertiary alicyclic amines) is 1. The molecule has 0 radical (unpaired) electrons. The lowest BCUT2D eigenvalue weighted by atomic mass is 9.99. The summed E-state index contributed by atoms with van der Waals surface area (Å²) in [6.07, 6.45) is 7.10. The van der Waals surface area contributed by atoms with E-state index >= 15 is 0 Å². The Morgan fingerprint density at radius 2 is 2.07 bits per heavy atom. The van der Waals surface area contributed by atoms with E-state index in [1.807, 2.05) is 7.11 Å². The van der Waals surface area contributed by atoms with Gasteiger partial charge in [0.2, 0.25) is 0 Å². The summed E-state index contributed by atoms with van der Waals surface area (Å²) in [7, 11) is 1.81. The van der Waals surface area contributed by atoms with Crippen LogP contribution in [-0.2, 0) is 4.74 Å². The van der Waals surface area contributed by atoms with Crippen LogP contribution in [0.1, 0.15) is 32.1 Å². The van der Waals surface area contributed by atoms with Gasteiger partial charge >= 0.3 is 0 Å². The Morgan fingerprint density at radius 3 is 2.67 bits per heavy atom. The van der Waals surface area contributed by atoms with Crippen LogP contribution in [0, 0.1) is 5.92 Å². The number of hydrogen-bond donors (Lipinski definition) is 1. The second-order valence-electron chi connectivity index (χ2n) is 5.11. The molecule has 1 aliphatic heterocycles. The molecule has 0 aromatic carbocycles. The Hall–Kier alpha value is -0.120. The van der Waals surface area contributed by atoms with Gasteiger partial charge in [0.1, 0.15) is 0 Å². The molecule has 2 fully saturated rings. The molecule has 3 nitrogen and oxygen atoms in total. The maximum atomic E-state index is 6.26. The van der Waals surface area contributed by atoms with E-state index in [-0.39, 0.29) is 0 Å². The third kappa shape index (κ3) is 2.92. The summed E-state index contributed by atoms with van der Waals surface area (Å²) < 4.78 is 5.37. The lowest BCUT2D eigenvalue weighted by molar-refractivity contribution is 0.106. The fourth-order valence-electron chi connectivity index (χ4n) is 2.99. The molecule has 2 unspecified atom stereocenters. The highest BCUT2D eigenvalue weighted by Gasteiger charge is 2.27. The highest BCUT2D eigenvalue weighted by atomic mass is 16.5. The van der Waals surface area contributed by atoms with E-state index in [4.69, 9.17) is 10.5 Å². The van der Waals surface area contributed by atoms with Crippen molar-refractivity contribution >= 4 is 0 Å². The number of rotatable bonds is 4. The van der Waals surface area contributed by atoms with Crippen LogP contribution in [0.2, 0.25) is 0 Å². The van der Waals surface area contributed by atoms with Crippen LogP contribution in [0.25, 0.3) is 0 Å². The molecular weight excluding hydrogens is 188 g/mol. The Labute approximate surface area is 93.0 Å². The normalized spacial score (nSPS) is 31.2. The van der Waals surface area contributed by atoms with Crippen LogP contribution in [0.5, 0.6) is 0 Å². The molecule has 0 spiro atoms. The van der Waals surface area contributed by atoms with Gasteiger partial charge in [-0.2, -0.15) is 0 Å². The van der Waals surface area contributed by atoms with Crippen molar-refractivity contribution < 1.29 is 4.74 Å². The van der Waals surface area contributed by atoms with Crippen molar-refractivity contribution in [2.75, 3.05) is 26.7 Å². The van der Waals surface area contributed by atoms with Gasteiger partial charge in [0.25, 0.3) is 0 Å². The predicted molar refractivity (Wildman–Crippen MR) is 61.8 cm³/mol. The monoisotopic (exact) mass is 212 g/mol. The van der Waals surface area contributed by atoms with Crippen molar-refractivity contribution in [1.29, 1.82) is 0 Å². The van der Waals surface area contributed by atoms with Gasteiger partial charge in [-0.05, 0) is 25.2 Å². The van der Waals surface area contributed by atoms with Crippen LogP contribution >= 0.6 is 0 Å². The fraction of sp³-hybridized carbons (Fsp3) is 1.00. The van der Waals surface area contributed by atoms with Gasteiger partial charge in [-0.15, -0.1) is 0 Å². The second-order valence-corrected chi connectivity index (χ2v) is 5.11. The number of ether oxygens (including phenoxy) is 1. The second kappa shape index (κ2) is 5.28. The summed E-state index contributed by atoms with van der Waals surface area (Å²) in [6.45, 7) is 3.32. The average molecular weight is 212 g/mol. The topological polar surface area (TPSA) is 38.5 Å². The SMILES string of the molecule is COC1CCN(CC(N)C2CCCC2)C1. The number of nitrogens with zero attached hydrogens (tertiary/aromatic N) is 1. The highest BCUT2D eigenvalue weighted by molar-refractivity contribution is 4.84. The van der Waals surface area contributed by atoms with E-state index in [1.165, 1.54) is 38.6 Å². The van der Waals surface area contributed by atoms with Crippen molar-refractivity contribution in [1.82, 2.24) is 4.90 Å². The molecule has 1 saturated heterocycles. The first-order chi connectivity index (χ1) is 7.29. The third-order valence-electron chi connectivity index (χ3n) is 4.04. The molecule has 0 amide bonds. The Morgan fingerprint density at radius 1 is 1.33 bits per heavy atom. The van der Waals surface area contributed by atoms with Crippen molar-refractivity contribution in [3.8, 4) is 0 Å². The Balaban J connectivity index is 1.72. The maximum absolute atomic E-state index is 6.26. The molecule has 0 aromatic heterocycles. The van der Waals surface area contributed by atoms with Gasteiger partial charge in [-0.25, -0.2) is 0 Å². The molecule has 1 saturated carbocycles. The minimum atomic E-state index is 0.392. The van der Waals surface area contributed by atoms with Gasteiger partial charge in [0, 0.05) is 32.8 Å². The molecule has 2 rings (SSSR count). The van der Waals surface area contributed by atoms with E-state index in [0.29, 0.717) is 12.1 Å². The van der Waals surface area contributed by atoms with Crippen molar-refractivity contribution in [2.45, 2.75) is 44.2 Å². The molecule has 3 heteroatoms. The first kappa shape index (κ1) is 11.4. The molecular formula is C12H24N2O. The first-order valence-electron chi connectivity index (χ1n) is 6.30. The largest absolute Gasteiger partial charge is 0.380 e. The summed E-state index contributed by atoms with van der Waals surface area (Å²) in [5.41, 5.74) is 6.26. The molecule has 0 bridgehead atoms. The molecule has 2 aliphatic rings. The molecule has 88 valence electrons. The van der Waals surface area contributed by atoms with E-state index in [1.54, 1.807) is 0 Å². The minimum Gasteiger partial charge on any atom is -0.380 e. The zero-order valence-corrected chi connectivity index (χ0v) is 9.82. The number of nitrogens with two attached hydrogens (primary N) is 1. The molecule has 2 atom stereocenters. The Bertz CT molecular complexity index is 192. The van der Waals surface area contributed by atoms with Gasteiger partial charge in [-0.3, -0.25) is 4.90 Å². The van der Waals surface area contributed by atoms with Crippen LogP contribution in [0.3, 0.4) is 0 Å². The smallest absolute Gasteiger partial charge is 0.0710 e. The van der Waals surface area contributed by atoms with Crippen LogP contribution in [0.4, 0.5) is 0 Å². The first-order valence-corrected chi connectivity index (χ1v) is 6.30. The van der Waals surface area contributed by atoms with Crippen LogP contribution in [0.15, 0.2) is 0 Å². The van der Waals surface area contributed by atoms with Gasteiger partial charge in [0.15, 0.2) is 0 Å². The lowest BCUT2D eigenvalue weighted by Crippen LogP contribution is -2.41. The zero-order valence-electron chi connectivity index (χ0n) is 9.82. The average Bonchev–Trinajstić information content (AvgIpc) is 2.87. The van der Waals surface area contributed by atoms with Crippen LogP contribution < -0.4 is 5.73 Å². The van der Waals surface area contributed by atoms with Gasteiger partial charge in [-0.1, -0.05) is 12.8 Å². The molecule has 15 heavy (non-hydrogen) atoms. The maximum Gasteiger partial charge on any atom is 0.0710 e. The standard InChI is InChI=1S/C12H24N2O/c1-15-11-6-7-14(8-11)9-12(13)10-4-2-3-5-10/h10-12H,2-9,13H2,1H3. The Kier molecular flexibility index (Phi) is 4.00. The summed E-state index contributed by atoms with van der Waals surface area (Å²) >= 11 is 0. The van der Waals surface area contributed by atoms with Crippen molar-refractivity contribution in [3.05, 3.63) is 0 Å². The van der Waals surface area contributed by atoms with Gasteiger partial charge < -0.3 is 10.5 Å². The van der Waals surface area contributed by atoms with Crippen molar-refractivity contribution in [2.24, 2.45) is 11.7 Å². The van der Waals surface area contributed by atoms with E-state index in [2.05, 4.69) is 4.90 Å². The quantitative estimate of drug-likeness (QED) is 0.761. The molecule has 0 aromatic rings. The number of methoxy groups -OCH3 is 1.